The molecule has 1 heterocycles. The number of hydrogen-bond donors (Lipinski definition) is 2. The van der Waals surface area contributed by atoms with Crippen LogP contribution in [0.3, 0.4) is 0 Å². The predicted octanol–water partition coefficient (Wildman–Crippen LogP) is 4.07. The maximum absolute atomic E-state index is 10.0. The van der Waals surface area contributed by atoms with Crippen LogP contribution in [0.15, 0.2) is 42.5 Å². The van der Waals surface area contributed by atoms with Crippen LogP contribution in [0.4, 0.5) is 0 Å². The van der Waals surface area contributed by atoms with Crippen LogP contribution < -0.4 is 0 Å². The zero-order valence-corrected chi connectivity index (χ0v) is 15.2. The van der Waals surface area contributed by atoms with Crippen molar-refractivity contribution in [1.82, 2.24) is 0 Å². The number of rotatable bonds is 5. The molecule has 2 aromatic carbocycles. The van der Waals surface area contributed by atoms with Crippen LogP contribution in [0.25, 0.3) is 0 Å². The van der Waals surface area contributed by atoms with Crippen molar-refractivity contribution in [2.45, 2.75) is 50.9 Å². The minimum Gasteiger partial charge on any atom is -0.394 e. The van der Waals surface area contributed by atoms with E-state index in [9.17, 15) is 10.2 Å². The van der Waals surface area contributed by atoms with E-state index in [0.717, 1.165) is 29.0 Å². The van der Waals surface area contributed by atoms with Crippen LogP contribution in [0.2, 0.25) is 5.02 Å². The van der Waals surface area contributed by atoms with Gasteiger partial charge in [-0.3, -0.25) is 0 Å². The van der Waals surface area contributed by atoms with Gasteiger partial charge in [0.2, 0.25) is 0 Å². The summed E-state index contributed by atoms with van der Waals surface area (Å²) in [6.45, 7) is 2.07. The molecule has 0 aromatic heterocycles. The molecule has 0 spiro atoms. The van der Waals surface area contributed by atoms with Crippen LogP contribution in [-0.4, -0.2) is 29.0 Å². The number of benzene rings is 2. The molecule has 1 fully saturated rings. The summed E-state index contributed by atoms with van der Waals surface area (Å²) < 4.78 is 5.91. The largest absolute Gasteiger partial charge is 0.394 e. The summed E-state index contributed by atoms with van der Waals surface area (Å²) in [4.78, 5) is 0. The van der Waals surface area contributed by atoms with Crippen LogP contribution >= 0.6 is 11.6 Å². The van der Waals surface area contributed by atoms with Gasteiger partial charge in [0.1, 0.15) is 0 Å². The van der Waals surface area contributed by atoms with Gasteiger partial charge in [-0.1, -0.05) is 54.9 Å². The molecule has 2 N–H and O–H groups in total. The number of aliphatic hydroxyl groups is 2. The molecule has 25 heavy (non-hydrogen) atoms. The van der Waals surface area contributed by atoms with Gasteiger partial charge in [0.15, 0.2) is 0 Å². The lowest BCUT2D eigenvalue weighted by Gasteiger charge is -2.32. The highest BCUT2D eigenvalue weighted by molar-refractivity contribution is 6.31. The summed E-state index contributed by atoms with van der Waals surface area (Å²) in [5, 5.41) is 20.1. The molecule has 1 aliphatic rings. The Labute approximate surface area is 154 Å². The molecule has 2 aromatic rings. The monoisotopic (exact) mass is 360 g/mol. The molecule has 3 atom stereocenters. The maximum atomic E-state index is 10.0. The molecule has 0 saturated carbocycles. The van der Waals surface area contributed by atoms with Crippen LogP contribution in [0, 0.1) is 0 Å². The molecule has 0 aliphatic carbocycles. The molecular weight excluding hydrogens is 336 g/mol. The Hall–Kier alpha value is -1.39. The smallest absolute Gasteiger partial charge is 0.0854 e. The van der Waals surface area contributed by atoms with E-state index >= 15 is 0 Å². The standard InChI is InChI=1S/C21H25ClO3/c1-2-14-3-5-15(6-4-14)9-17-10-16(7-8-20(17)22)21-12-18(24)11-19(13-23)25-21/h3-8,10,18-19,21,23-24H,2,9,11-13H2,1H3/t18-,19-,21+/m0/s1. The van der Waals surface area contributed by atoms with E-state index < -0.39 is 6.10 Å². The predicted molar refractivity (Wildman–Crippen MR) is 100 cm³/mol. The molecule has 0 bridgehead atoms. The number of aryl methyl sites for hydroxylation is 1. The Kier molecular flexibility index (Phi) is 6.13. The Balaban J connectivity index is 1.79. The van der Waals surface area contributed by atoms with E-state index in [2.05, 4.69) is 37.3 Å². The number of hydrogen-bond acceptors (Lipinski definition) is 3. The molecule has 134 valence electrons. The molecule has 1 saturated heterocycles. The van der Waals surface area contributed by atoms with Gasteiger partial charge in [0.25, 0.3) is 0 Å². The van der Waals surface area contributed by atoms with E-state index in [1.54, 1.807) is 0 Å². The van der Waals surface area contributed by atoms with Gasteiger partial charge in [-0.25, -0.2) is 0 Å². The van der Waals surface area contributed by atoms with E-state index in [0.29, 0.717) is 12.8 Å². The Morgan fingerprint density at radius 1 is 1.08 bits per heavy atom. The SMILES string of the molecule is CCc1ccc(Cc2cc([C@H]3C[C@@H](O)C[C@@H](CO)O3)ccc2Cl)cc1. The fourth-order valence-electron chi connectivity index (χ4n) is 3.37. The first-order valence-electron chi connectivity index (χ1n) is 8.89. The summed E-state index contributed by atoms with van der Waals surface area (Å²) in [5.74, 6) is 0. The van der Waals surface area contributed by atoms with Gasteiger partial charge in [0.05, 0.1) is 24.9 Å². The maximum Gasteiger partial charge on any atom is 0.0854 e. The fraction of sp³-hybridized carbons (Fsp3) is 0.429. The number of aliphatic hydroxyl groups excluding tert-OH is 2. The molecule has 0 amide bonds. The second kappa shape index (κ2) is 8.33. The average molecular weight is 361 g/mol. The first kappa shape index (κ1) is 18.4. The van der Waals surface area contributed by atoms with Crippen molar-refractivity contribution >= 4 is 11.6 Å². The Bertz CT molecular complexity index is 699. The zero-order valence-electron chi connectivity index (χ0n) is 14.5. The first-order chi connectivity index (χ1) is 12.1. The summed E-state index contributed by atoms with van der Waals surface area (Å²) in [6, 6.07) is 14.5. The van der Waals surface area contributed by atoms with Gasteiger partial charge in [-0.15, -0.1) is 0 Å². The van der Waals surface area contributed by atoms with E-state index in [1.807, 2.05) is 12.1 Å². The lowest BCUT2D eigenvalue weighted by atomic mass is 9.94. The highest BCUT2D eigenvalue weighted by atomic mass is 35.5. The van der Waals surface area contributed by atoms with Crippen molar-refractivity contribution < 1.29 is 14.9 Å². The molecule has 1 aliphatic heterocycles. The third kappa shape index (κ3) is 4.62. The fourth-order valence-corrected chi connectivity index (χ4v) is 3.55. The third-order valence-corrected chi connectivity index (χ3v) is 5.22. The summed E-state index contributed by atoms with van der Waals surface area (Å²) in [5.41, 5.74) is 4.59. The third-order valence-electron chi connectivity index (χ3n) is 4.85. The highest BCUT2D eigenvalue weighted by Crippen LogP contribution is 2.33. The zero-order chi connectivity index (χ0) is 17.8. The van der Waals surface area contributed by atoms with E-state index in [4.69, 9.17) is 16.3 Å². The number of ether oxygens (including phenoxy) is 1. The minimum absolute atomic E-state index is 0.0716. The number of halogens is 1. The Morgan fingerprint density at radius 2 is 1.80 bits per heavy atom. The van der Waals surface area contributed by atoms with E-state index in [1.165, 1.54) is 11.1 Å². The van der Waals surface area contributed by atoms with Crippen molar-refractivity contribution in [3.05, 3.63) is 69.7 Å². The van der Waals surface area contributed by atoms with Gasteiger partial charge in [0, 0.05) is 17.9 Å². The molecule has 3 nitrogen and oxygen atoms in total. The van der Waals surface area contributed by atoms with Crippen LogP contribution in [-0.2, 0) is 17.6 Å². The average Bonchev–Trinajstić information content (AvgIpc) is 2.63. The molecule has 3 rings (SSSR count). The molecule has 0 radical (unpaired) electrons. The Morgan fingerprint density at radius 3 is 2.48 bits per heavy atom. The molecular formula is C21H25ClO3. The second-order valence-corrected chi connectivity index (χ2v) is 7.16. The van der Waals surface area contributed by atoms with Crippen molar-refractivity contribution in [2.75, 3.05) is 6.61 Å². The quantitative estimate of drug-likeness (QED) is 0.845. The summed E-state index contributed by atoms with van der Waals surface area (Å²) >= 11 is 6.40. The van der Waals surface area contributed by atoms with Crippen LogP contribution in [0.1, 0.15) is 48.1 Å². The van der Waals surface area contributed by atoms with Crippen LogP contribution in [0.5, 0.6) is 0 Å². The highest BCUT2D eigenvalue weighted by Gasteiger charge is 2.29. The molecule has 4 heteroatoms. The van der Waals surface area contributed by atoms with Crippen molar-refractivity contribution in [3.63, 3.8) is 0 Å². The second-order valence-electron chi connectivity index (χ2n) is 6.75. The topological polar surface area (TPSA) is 49.7 Å². The molecule has 0 unspecified atom stereocenters. The van der Waals surface area contributed by atoms with Crippen molar-refractivity contribution in [1.29, 1.82) is 0 Å². The van der Waals surface area contributed by atoms with Gasteiger partial charge in [-0.2, -0.15) is 0 Å². The lowest BCUT2D eigenvalue weighted by molar-refractivity contribution is -0.113. The lowest BCUT2D eigenvalue weighted by Crippen LogP contribution is -2.33. The van der Waals surface area contributed by atoms with Gasteiger partial charge < -0.3 is 14.9 Å². The van der Waals surface area contributed by atoms with Crippen molar-refractivity contribution in [2.24, 2.45) is 0 Å². The van der Waals surface area contributed by atoms with E-state index in [-0.39, 0.29) is 18.8 Å². The summed E-state index contributed by atoms with van der Waals surface area (Å²) in [7, 11) is 0. The first-order valence-corrected chi connectivity index (χ1v) is 9.27. The van der Waals surface area contributed by atoms with Gasteiger partial charge >= 0.3 is 0 Å². The summed E-state index contributed by atoms with van der Waals surface area (Å²) in [6.07, 6.45) is 1.85. The van der Waals surface area contributed by atoms with Gasteiger partial charge in [-0.05, 0) is 41.2 Å². The minimum atomic E-state index is -0.448. The van der Waals surface area contributed by atoms with Crippen molar-refractivity contribution in [3.8, 4) is 0 Å². The normalized spacial score (nSPS) is 23.6.